The van der Waals surface area contributed by atoms with E-state index in [0.717, 1.165) is 6.54 Å². The van der Waals surface area contributed by atoms with Crippen LogP contribution < -0.4 is 10.6 Å². The van der Waals surface area contributed by atoms with Crippen LogP contribution in [0.3, 0.4) is 0 Å². The average Bonchev–Trinajstić information content (AvgIpc) is 2.26. The maximum Gasteiger partial charge on any atom is 0.0507 e. The maximum absolute atomic E-state index is 5.83. The van der Waals surface area contributed by atoms with Crippen LogP contribution in [0, 0.1) is 13.8 Å². The van der Waals surface area contributed by atoms with E-state index < -0.39 is 0 Å². The highest BCUT2D eigenvalue weighted by atomic mass is 32.2. The van der Waals surface area contributed by atoms with Gasteiger partial charge >= 0.3 is 0 Å². The van der Waals surface area contributed by atoms with Crippen molar-refractivity contribution in [1.29, 1.82) is 0 Å². The minimum Gasteiger partial charge on any atom is -0.370 e. The monoisotopic (exact) mass is 236 g/mol. The lowest BCUT2D eigenvalue weighted by atomic mass is 10.1. The molecule has 0 aliphatic carbocycles. The van der Waals surface area contributed by atoms with Gasteiger partial charge in [0.1, 0.15) is 0 Å². The minimum atomic E-state index is 0.500. The predicted molar refractivity (Wildman–Crippen MR) is 72.5 cm³/mol. The number of thioether (sulfide) groups is 1. The Hall–Kier alpha value is -0.670. The first-order chi connectivity index (χ1) is 7.54. The Bertz CT molecular complexity index is 403. The average molecular weight is 236 g/mol. The van der Waals surface area contributed by atoms with Crippen molar-refractivity contribution in [3.05, 3.63) is 23.3 Å². The second kappa shape index (κ2) is 4.30. The molecule has 3 heteroatoms. The first-order valence-corrected chi connectivity index (χ1v) is 6.63. The Morgan fingerprint density at radius 1 is 1.31 bits per heavy atom. The molecule has 16 heavy (non-hydrogen) atoms. The molecule has 0 fully saturated rings. The SMILES string of the molecule is Cc1cc2c(cc1C)N(C)C(C)C(CN)S2. The lowest BCUT2D eigenvalue weighted by Gasteiger charge is -2.39. The Balaban J connectivity index is 2.46. The number of nitrogens with two attached hydrogens (primary N) is 1. The van der Waals surface area contributed by atoms with Crippen molar-refractivity contribution in [2.45, 2.75) is 37.0 Å². The molecule has 1 heterocycles. The molecule has 2 rings (SSSR count). The van der Waals surface area contributed by atoms with Gasteiger partial charge in [0.05, 0.1) is 5.69 Å². The maximum atomic E-state index is 5.83. The van der Waals surface area contributed by atoms with Crippen molar-refractivity contribution in [2.24, 2.45) is 5.73 Å². The molecule has 0 amide bonds. The molecule has 2 atom stereocenters. The van der Waals surface area contributed by atoms with Crippen LogP contribution in [0.25, 0.3) is 0 Å². The summed E-state index contributed by atoms with van der Waals surface area (Å²) in [6.07, 6.45) is 0. The summed E-state index contributed by atoms with van der Waals surface area (Å²) in [7, 11) is 2.17. The van der Waals surface area contributed by atoms with Crippen LogP contribution in [0.15, 0.2) is 17.0 Å². The van der Waals surface area contributed by atoms with Gasteiger partial charge in [-0.05, 0) is 44.0 Å². The van der Waals surface area contributed by atoms with Crippen LogP contribution in [0.2, 0.25) is 0 Å². The summed E-state index contributed by atoms with van der Waals surface area (Å²) >= 11 is 1.93. The smallest absolute Gasteiger partial charge is 0.0507 e. The van der Waals surface area contributed by atoms with E-state index in [4.69, 9.17) is 5.73 Å². The zero-order valence-corrected chi connectivity index (χ0v) is 11.3. The number of rotatable bonds is 1. The fourth-order valence-electron chi connectivity index (χ4n) is 2.12. The van der Waals surface area contributed by atoms with Crippen molar-refractivity contribution in [3.8, 4) is 0 Å². The Kier molecular flexibility index (Phi) is 3.17. The van der Waals surface area contributed by atoms with Gasteiger partial charge in [0.25, 0.3) is 0 Å². The largest absolute Gasteiger partial charge is 0.370 e. The van der Waals surface area contributed by atoms with E-state index in [-0.39, 0.29) is 0 Å². The molecular weight excluding hydrogens is 216 g/mol. The highest BCUT2D eigenvalue weighted by Crippen LogP contribution is 2.41. The van der Waals surface area contributed by atoms with Crippen molar-refractivity contribution in [1.82, 2.24) is 0 Å². The first kappa shape index (κ1) is 11.8. The van der Waals surface area contributed by atoms with Gasteiger partial charge in [-0.1, -0.05) is 0 Å². The molecule has 2 nitrogen and oxygen atoms in total. The van der Waals surface area contributed by atoms with Crippen molar-refractivity contribution < 1.29 is 0 Å². The zero-order chi connectivity index (χ0) is 11.9. The fraction of sp³-hybridized carbons (Fsp3) is 0.538. The van der Waals surface area contributed by atoms with Gasteiger partial charge in [0.15, 0.2) is 0 Å². The van der Waals surface area contributed by atoms with Crippen LogP contribution in [0.5, 0.6) is 0 Å². The number of hydrogen-bond acceptors (Lipinski definition) is 3. The summed E-state index contributed by atoms with van der Waals surface area (Å²) in [5.41, 5.74) is 9.92. The number of aryl methyl sites for hydroxylation is 2. The van der Waals surface area contributed by atoms with E-state index in [2.05, 4.69) is 44.9 Å². The highest BCUT2D eigenvalue weighted by Gasteiger charge is 2.29. The third-order valence-corrected chi connectivity index (χ3v) is 5.08. The van der Waals surface area contributed by atoms with Gasteiger partial charge in [-0.2, -0.15) is 0 Å². The predicted octanol–water partition coefficient (Wildman–Crippen LogP) is 2.56. The molecule has 1 aromatic carbocycles. The number of benzene rings is 1. The quantitative estimate of drug-likeness (QED) is 0.812. The Morgan fingerprint density at radius 3 is 2.56 bits per heavy atom. The standard InChI is InChI=1S/C13H20N2S/c1-8-5-11-12(6-9(8)2)16-13(7-14)10(3)15(11)4/h5-6,10,13H,7,14H2,1-4H3. The summed E-state index contributed by atoms with van der Waals surface area (Å²) in [5.74, 6) is 0. The molecule has 0 aromatic heterocycles. The van der Waals surface area contributed by atoms with Gasteiger partial charge in [0.2, 0.25) is 0 Å². The lowest BCUT2D eigenvalue weighted by Crippen LogP contribution is -2.44. The molecule has 88 valence electrons. The van der Waals surface area contributed by atoms with Gasteiger partial charge in [-0.3, -0.25) is 0 Å². The first-order valence-electron chi connectivity index (χ1n) is 5.75. The van der Waals surface area contributed by atoms with Gasteiger partial charge in [-0.15, -0.1) is 11.8 Å². The topological polar surface area (TPSA) is 29.3 Å². The summed E-state index contributed by atoms with van der Waals surface area (Å²) in [5, 5.41) is 0.500. The van der Waals surface area contributed by atoms with Crippen LogP contribution >= 0.6 is 11.8 Å². The van der Waals surface area contributed by atoms with Crippen LogP contribution in [0.1, 0.15) is 18.1 Å². The molecule has 0 spiro atoms. The third-order valence-electron chi connectivity index (χ3n) is 3.61. The summed E-state index contributed by atoms with van der Waals surface area (Å²) in [6, 6.07) is 5.09. The van der Waals surface area contributed by atoms with E-state index in [1.54, 1.807) is 0 Å². The Labute approximate surface area is 102 Å². The molecule has 2 unspecified atom stereocenters. The second-order valence-electron chi connectivity index (χ2n) is 4.65. The summed E-state index contributed by atoms with van der Waals surface area (Å²) < 4.78 is 0. The van der Waals surface area contributed by atoms with Crippen LogP contribution in [-0.2, 0) is 0 Å². The number of anilines is 1. The molecule has 0 saturated carbocycles. The van der Waals surface area contributed by atoms with Gasteiger partial charge < -0.3 is 10.6 Å². The van der Waals surface area contributed by atoms with E-state index in [1.165, 1.54) is 21.7 Å². The molecule has 1 aliphatic rings. The number of nitrogens with zero attached hydrogens (tertiary/aromatic N) is 1. The zero-order valence-electron chi connectivity index (χ0n) is 10.4. The van der Waals surface area contributed by atoms with Crippen molar-refractivity contribution in [3.63, 3.8) is 0 Å². The molecule has 0 saturated heterocycles. The normalized spacial score (nSPS) is 24.4. The number of hydrogen-bond donors (Lipinski definition) is 1. The lowest BCUT2D eigenvalue weighted by molar-refractivity contribution is 0.636. The molecule has 1 aromatic rings. The highest BCUT2D eigenvalue weighted by molar-refractivity contribution is 8.00. The van der Waals surface area contributed by atoms with E-state index in [9.17, 15) is 0 Å². The Morgan fingerprint density at radius 2 is 1.94 bits per heavy atom. The van der Waals surface area contributed by atoms with E-state index in [0.29, 0.717) is 11.3 Å². The van der Waals surface area contributed by atoms with Gasteiger partial charge in [-0.25, -0.2) is 0 Å². The summed E-state index contributed by atoms with van der Waals surface area (Å²) in [6.45, 7) is 7.34. The van der Waals surface area contributed by atoms with Crippen LogP contribution in [0.4, 0.5) is 5.69 Å². The summed E-state index contributed by atoms with van der Waals surface area (Å²) in [4.78, 5) is 3.73. The molecule has 0 bridgehead atoms. The van der Waals surface area contributed by atoms with E-state index >= 15 is 0 Å². The second-order valence-corrected chi connectivity index (χ2v) is 5.93. The van der Waals surface area contributed by atoms with Gasteiger partial charge in [0, 0.05) is 29.8 Å². The van der Waals surface area contributed by atoms with Crippen molar-refractivity contribution >= 4 is 17.4 Å². The fourth-order valence-corrected chi connectivity index (χ4v) is 3.49. The number of fused-ring (bicyclic) bond motifs is 1. The third kappa shape index (κ3) is 1.82. The molecule has 0 radical (unpaired) electrons. The molecular formula is C13H20N2S. The van der Waals surface area contributed by atoms with E-state index in [1.807, 2.05) is 11.8 Å². The molecule has 2 N–H and O–H groups in total. The minimum absolute atomic E-state index is 0.500. The van der Waals surface area contributed by atoms with Crippen LogP contribution in [-0.4, -0.2) is 24.9 Å². The van der Waals surface area contributed by atoms with Crippen molar-refractivity contribution in [2.75, 3.05) is 18.5 Å². The molecule has 1 aliphatic heterocycles.